The summed E-state index contributed by atoms with van der Waals surface area (Å²) in [6, 6.07) is 14.2. The number of fused-ring (bicyclic) bond motifs is 1. The van der Waals surface area contributed by atoms with Gasteiger partial charge in [-0.2, -0.15) is 13.8 Å². The monoisotopic (exact) mass is 579 g/mol. The number of alkyl halides is 2. The van der Waals surface area contributed by atoms with Crippen molar-refractivity contribution < 1.29 is 23.1 Å². The second kappa shape index (κ2) is 11.9. The van der Waals surface area contributed by atoms with Crippen molar-refractivity contribution in [3.8, 4) is 5.75 Å². The van der Waals surface area contributed by atoms with E-state index in [0.717, 1.165) is 30.6 Å². The Bertz CT molecular complexity index is 1450. The summed E-state index contributed by atoms with van der Waals surface area (Å²) in [6.45, 7) is -0.881. The largest absolute Gasteiger partial charge is 0.495 e. The van der Waals surface area contributed by atoms with E-state index in [0.29, 0.717) is 28.7 Å². The molecule has 0 unspecified atom stereocenters. The van der Waals surface area contributed by atoms with E-state index in [4.69, 9.17) is 4.74 Å². The minimum absolute atomic E-state index is 0.105. The van der Waals surface area contributed by atoms with Crippen molar-refractivity contribution >= 4 is 40.6 Å². The molecule has 2 aliphatic rings. The number of methoxy groups -OCH3 is 1. The van der Waals surface area contributed by atoms with Gasteiger partial charge in [-0.3, -0.25) is 9.59 Å². The Labute approximate surface area is 243 Å². The van der Waals surface area contributed by atoms with Gasteiger partial charge in [0.15, 0.2) is 5.82 Å². The van der Waals surface area contributed by atoms with Gasteiger partial charge in [-0.05, 0) is 70.1 Å². The van der Waals surface area contributed by atoms with Gasteiger partial charge in [-0.15, -0.1) is 0 Å². The van der Waals surface area contributed by atoms with Crippen LogP contribution < -0.4 is 25.2 Å². The molecule has 1 aliphatic heterocycles. The number of ether oxygens (including phenoxy) is 1. The van der Waals surface area contributed by atoms with Gasteiger partial charge in [-0.25, -0.2) is 4.98 Å². The van der Waals surface area contributed by atoms with Crippen LogP contribution >= 0.6 is 0 Å². The van der Waals surface area contributed by atoms with E-state index in [-0.39, 0.29) is 29.4 Å². The van der Waals surface area contributed by atoms with Gasteiger partial charge in [-0.1, -0.05) is 18.2 Å². The summed E-state index contributed by atoms with van der Waals surface area (Å²) < 4.78 is 35.4. The van der Waals surface area contributed by atoms with E-state index in [1.807, 2.05) is 0 Å². The van der Waals surface area contributed by atoms with Crippen LogP contribution in [-0.4, -0.2) is 79.5 Å². The van der Waals surface area contributed by atoms with Crippen LogP contribution in [0.5, 0.6) is 5.75 Å². The smallest absolute Gasteiger partial charge is 0.342 e. The van der Waals surface area contributed by atoms with Crippen LogP contribution in [0.15, 0.2) is 54.7 Å². The number of aromatic nitrogens is 2. The lowest BCUT2D eigenvalue weighted by Gasteiger charge is -2.33. The lowest BCUT2D eigenvalue weighted by molar-refractivity contribution is -0.140. The van der Waals surface area contributed by atoms with Gasteiger partial charge in [0, 0.05) is 30.4 Å². The van der Waals surface area contributed by atoms with E-state index in [2.05, 4.69) is 39.6 Å². The van der Waals surface area contributed by atoms with Gasteiger partial charge in [0.25, 0.3) is 11.8 Å². The first-order valence-corrected chi connectivity index (χ1v) is 13.9. The van der Waals surface area contributed by atoms with E-state index < -0.39 is 18.4 Å². The molecule has 2 heterocycles. The molecule has 2 amide bonds. The zero-order valence-electron chi connectivity index (χ0n) is 24.1. The first kappa shape index (κ1) is 29.2. The molecule has 2 N–H and O–H groups in total. The number of benzene rings is 2. The van der Waals surface area contributed by atoms with Crippen LogP contribution in [0, 0.1) is 0 Å². The Balaban J connectivity index is 1.38. The molecule has 222 valence electrons. The predicted molar refractivity (Wildman–Crippen MR) is 157 cm³/mol. The summed E-state index contributed by atoms with van der Waals surface area (Å²) >= 11 is 0. The van der Waals surface area contributed by atoms with Crippen molar-refractivity contribution in [2.75, 3.05) is 49.9 Å². The van der Waals surface area contributed by atoms with Crippen LogP contribution in [-0.2, 0) is 4.79 Å². The van der Waals surface area contributed by atoms with Gasteiger partial charge in [0.2, 0.25) is 5.95 Å². The predicted octanol–water partition coefficient (Wildman–Crippen LogP) is 4.58. The van der Waals surface area contributed by atoms with Crippen LogP contribution in [0.3, 0.4) is 0 Å². The van der Waals surface area contributed by atoms with Crippen LogP contribution in [0.25, 0.3) is 0 Å². The molecule has 1 fully saturated rings. The van der Waals surface area contributed by atoms with E-state index in [1.165, 1.54) is 25.3 Å². The van der Waals surface area contributed by atoms with Crippen molar-refractivity contribution in [2.24, 2.45) is 0 Å². The van der Waals surface area contributed by atoms with Crippen molar-refractivity contribution in [1.29, 1.82) is 0 Å². The highest BCUT2D eigenvalue weighted by Crippen LogP contribution is 2.40. The number of para-hydroxylation sites is 1. The number of amides is 2. The first-order chi connectivity index (χ1) is 20.1. The highest BCUT2D eigenvalue weighted by Gasteiger charge is 2.47. The zero-order chi connectivity index (χ0) is 30.0. The summed E-state index contributed by atoms with van der Waals surface area (Å²) in [4.78, 5) is 38.8. The number of nitrogens with zero attached hydrogens (tertiary/aromatic N) is 5. The van der Waals surface area contributed by atoms with Crippen molar-refractivity contribution in [2.45, 2.75) is 43.7 Å². The molecule has 0 bridgehead atoms. The minimum Gasteiger partial charge on any atom is -0.495 e. The molecule has 3 aromatic rings. The summed E-state index contributed by atoms with van der Waals surface area (Å²) in [5.41, 5.74) is 1.53. The average Bonchev–Trinajstić information content (AvgIpc) is 3.06. The van der Waals surface area contributed by atoms with Gasteiger partial charge in [0.05, 0.1) is 25.5 Å². The number of hydrogen-bond acceptors (Lipinski definition) is 8. The van der Waals surface area contributed by atoms with Crippen LogP contribution in [0.4, 0.5) is 37.6 Å². The summed E-state index contributed by atoms with van der Waals surface area (Å²) in [5, 5.41) is 6.21. The Hall–Kier alpha value is -4.32. The number of hydrogen-bond donors (Lipinski definition) is 2. The summed E-state index contributed by atoms with van der Waals surface area (Å²) in [6.07, 6.45) is 5.25. The molecule has 1 aliphatic carbocycles. The molecular weight excluding hydrogens is 544 g/mol. The fraction of sp³-hybridized carbons (Fsp3) is 0.400. The second-order valence-electron chi connectivity index (χ2n) is 10.9. The van der Waals surface area contributed by atoms with E-state index in [1.54, 1.807) is 48.5 Å². The zero-order valence-corrected chi connectivity index (χ0v) is 24.1. The maximum atomic E-state index is 14.9. The molecule has 1 aromatic heterocycles. The molecule has 42 heavy (non-hydrogen) atoms. The van der Waals surface area contributed by atoms with E-state index >= 15 is 0 Å². The topological polar surface area (TPSA) is 103 Å². The molecule has 0 radical (unpaired) electrons. The summed E-state index contributed by atoms with van der Waals surface area (Å²) in [7, 11) is 6.93. The number of halogens is 2. The SMILES string of the molecule is COc1cc(C(=O)NC2CCC(N(C)C)CC2)ccc1Nc1ncc2c(n1)N(c1ccccc1)CC(F)(F)C(=O)N2C. The fourth-order valence-electron chi connectivity index (χ4n) is 5.44. The minimum atomic E-state index is -3.65. The molecule has 5 rings (SSSR count). The Morgan fingerprint density at radius 2 is 1.81 bits per heavy atom. The molecule has 2 aromatic carbocycles. The molecule has 10 nitrogen and oxygen atoms in total. The highest BCUT2D eigenvalue weighted by atomic mass is 19.3. The third-order valence-corrected chi connectivity index (χ3v) is 7.88. The maximum Gasteiger partial charge on any atom is 0.342 e. The standard InChI is InChI=1S/C30H35F2N7O3/c1-37(2)21-13-11-20(12-14-21)34-27(40)19-10-15-23(25(16-19)42-4)35-29-33-17-24-26(36-29)39(22-8-6-5-7-9-22)18-30(31,32)28(41)38(24)3/h5-10,15-17,20-21H,11-14,18H2,1-4H3,(H,34,40)(H,33,35,36). The number of anilines is 5. The first-order valence-electron chi connectivity index (χ1n) is 13.9. The number of carbonyl (C=O) groups is 2. The Morgan fingerprint density at radius 1 is 1.10 bits per heavy atom. The molecule has 0 saturated heterocycles. The Morgan fingerprint density at radius 3 is 2.48 bits per heavy atom. The number of rotatable bonds is 7. The second-order valence-corrected chi connectivity index (χ2v) is 10.9. The molecule has 0 spiro atoms. The third kappa shape index (κ3) is 5.98. The third-order valence-electron chi connectivity index (χ3n) is 7.88. The quantitative estimate of drug-likeness (QED) is 0.420. The highest BCUT2D eigenvalue weighted by molar-refractivity contribution is 6.02. The van der Waals surface area contributed by atoms with Crippen molar-refractivity contribution in [3.05, 3.63) is 60.3 Å². The Kier molecular flexibility index (Phi) is 8.26. The average molecular weight is 580 g/mol. The number of carbonyl (C=O) groups excluding carboxylic acids is 2. The normalized spacial score (nSPS) is 20.1. The van der Waals surface area contributed by atoms with Gasteiger partial charge >= 0.3 is 5.92 Å². The molecular formula is C30H35F2N7O3. The lowest BCUT2D eigenvalue weighted by atomic mass is 9.90. The fourth-order valence-corrected chi connectivity index (χ4v) is 5.44. The molecule has 1 saturated carbocycles. The van der Waals surface area contributed by atoms with E-state index in [9.17, 15) is 18.4 Å². The number of nitrogens with one attached hydrogen (secondary N) is 2. The summed E-state index contributed by atoms with van der Waals surface area (Å²) in [5.74, 6) is -4.53. The molecule has 12 heteroatoms. The molecule has 0 atom stereocenters. The van der Waals surface area contributed by atoms with Gasteiger partial charge in [0.1, 0.15) is 11.4 Å². The lowest BCUT2D eigenvalue weighted by Crippen LogP contribution is -2.45. The van der Waals surface area contributed by atoms with Crippen LogP contribution in [0.1, 0.15) is 36.0 Å². The van der Waals surface area contributed by atoms with Crippen LogP contribution in [0.2, 0.25) is 0 Å². The van der Waals surface area contributed by atoms with Crippen molar-refractivity contribution in [3.63, 3.8) is 0 Å². The van der Waals surface area contributed by atoms with Crippen molar-refractivity contribution in [1.82, 2.24) is 20.2 Å². The van der Waals surface area contributed by atoms with Gasteiger partial charge < -0.3 is 30.1 Å². The maximum absolute atomic E-state index is 14.9.